The molecular formula is C22H24Br4N2O8. The van der Waals surface area contributed by atoms with Crippen LogP contribution in [0, 0.1) is 0 Å². The van der Waals surface area contributed by atoms with Crippen molar-refractivity contribution in [2.75, 3.05) is 34.5 Å². The van der Waals surface area contributed by atoms with E-state index in [0.717, 1.165) is 14.5 Å². The van der Waals surface area contributed by atoms with E-state index < -0.39 is 24.1 Å². The average molecular weight is 764 g/mol. The van der Waals surface area contributed by atoms with Gasteiger partial charge < -0.3 is 38.9 Å². The van der Waals surface area contributed by atoms with Gasteiger partial charge in [0.1, 0.15) is 17.8 Å². The molecule has 1 aromatic rings. The van der Waals surface area contributed by atoms with E-state index in [0.29, 0.717) is 33.5 Å². The molecule has 198 valence electrons. The summed E-state index contributed by atoms with van der Waals surface area (Å²) in [5.74, 6) is -1.07. The lowest BCUT2D eigenvalue weighted by Crippen LogP contribution is -2.49. The first-order valence-corrected chi connectivity index (χ1v) is 13.7. The van der Waals surface area contributed by atoms with E-state index >= 15 is 0 Å². The molecule has 10 nitrogen and oxygen atoms in total. The zero-order chi connectivity index (χ0) is 26.5. The van der Waals surface area contributed by atoms with Crippen molar-refractivity contribution in [2.45, 2.75) is 31.0 Å². The number of oxime groups is 1. The molecule has 0 radical (unpaired) electrons. The number of rotatable bonds is 10. The summed E-state index contributed by atoms with van der Waals surface area (Å²) in [4.78, 5) is 18.0. The fraction of sp³-hybridized carbons (Fsp3) is 0.455. The van der Waals surface area contributed by atoms with Crippen LogP contribution in [0.1, 0.15) is 24.7 Å². The number of nitrogens with one attached hydrogen (secondary N) is 1. The second-order valence-electron chi connectivity index (χ2n) is 7.56. The van der Waals surface area contributed by atoms with Crippen molar-refractivity contribution in [3.8, 4) is 5.75 Å². The molecule has 0 fully saturated rings. The number of carbonyl (C=O) groups excluding carboxylic acids is 1. The van der Waals surface area contributed by atoms with Crippen LogP contribution < -0.4 is 10.1 Å². The van der Waals surface area contributed by atoms with Gasteiger partial charge in [-0.1, -0.05) is 21.1 Å². The summed E-state index contributed by atoms with van der Waals surface area (Å²) < 4.78 is 29.9. The number of carbonyl (C=O) groups is 1. The third-order valence-corrected chi connectivity index (χ3v) is 7.58. The third-order valence-electron chi connectivity index (χ3n) is 5.21. The van der Waals surface area contributed by atoms with Crippen LogP contribution in [0.4, 0.5) is 0 Å². The van der Waals surface area contributed by atoms with Crippen molar-refractivity contribution in [1.82, 2.24) is 5.32 Å². The largest absolute Gasteiger partial charge is 0.495 e. The van der Waals surface area contributed by atoms with Crippen molar-refractivity contribution in [2.24, 2.45) is 5.16 Å². The zero-order valence-corrected chi connectivity index (χ0v) is 25.8. The lowest BCUT2D eigenvalue weighted by molar-refractivity contribution is -0.225. The van der Waals surface area contributed by atoms with Gasteiger partial charge in [-0.05, 0) is 66.3 Å². The Kier molecular flexibility index (Phi) is 10.7. The van der Waals surface area contributed by atoms with E-state index in [9.17, 15) is 9.90 Å². The van der Waals surface area contributed by atoms with Crippen LogP contribution in [0.15, 0.2) is 47.2 Å². The highest BCUT2D eigenvalue weighted by atomic mass is 79.9. The van der Waals surface area contributed by atoms with Gasteiger partial charge in [0.2, 0.25) is 0 Å². The standard InChI is InChI=1S/C22H24Br4N2O8/c1-31-17-14(25)9-22(35-10-15(17)26)19(29)16(28-36-22)20(30)27-5-4-6-34-18-12(23)7-11(8-13(18)24)21(32-2)33-3/h7-8,10,19,21,29H,4-6,9H2,1-3H3,(H,27,30). The third kappa shape index (κ3) is 6.45. The fourth-order valence-corrected chi connectivity index (χ4v) is 6.43. The average Bonchev–Trinajstić information content (AvgIpc) is 3.08. The number of amides is 1. The van der Waals surface area contributed by atoms with Crippen molar-refractivity contribution in [3.05, 3.63) is 47.6 Å². The van der Waals surface area contributed by atoms with Crippen LogP contribution in [-0.2, 0) is 28.6 Å². The number of methoxy groups -OCH3 is 3. The molecule has 1 aromatic carbocycles. The Hall–Kier alpha value is -1.16. The van der Waals surface area contributed by atoms with Crippen molar-refractivity contribution in [3.63, 3.8) is 0 Å². The molecule has 0 aromatic heterocycles. The highest BCUT2D eigenvalue weighted by Gasteiger charge is 2.54. The maximum Gasteiger partial charge on any atom is 0.311 e. The van der Waals surface area contributed by atoms with Crippen LogP contribution in [-0.4, -0.2) is 63.1 Å². The monoisotopic (exact) mass is 760 g/mol. The minimum Gasteiger partial charge on any atom is -0.495 e. The molecule has 0 saturated carbocycles. The number of nitrogens with zero attached hydrogens (tertiary/aromatic N) is 1. The second-order valence-corrected chi connectivity index (χ2v) is 11.1. The Labute approximate surface area is 241 Å². The van der Waals surface area contributed by atoms with Gasteiger partial charge in [0.15, 0.2) is 18.1 Å². The van der Waals surface area contributed by atoms with Gasteiger partial charge in [-0.15, -0.1) is 0 Å². The summed E-state index contributed by atoms with van der Waals surface area (Å²) in [6.07, 6.45) is -0.0356. The molecule has 2 atom stereocenters. The van der Waals surface area contributed by atoms with Crippen LogP contribution in [0.5, 0.6) is 5.75 Å². The Bertz CT molecular complexity index is 1050. The number of aliphatic hydroxyl groups is 1. The smallest absolute Gasteiger partial charge is 0.311 e. The van der Waals surface area contributed by atoms with Gasteiger partial charge in [0.05, 0.1) is 33.6 Å². The molecule has 0 bridgehead atoms. The first kappa shape index (κ1) is 29.4. The van der Waals surface area contributed by atoms with Crippen LogP contribution in [0.3, 0.4) is 0 Å². The van der Waals surface area contributed by atoms with Crippen molar-refractivity contribution >= 4 is 75.3 Å². The van der Waals surface area contributed by atoms with E-state index in [4.69, 9.17) is 28.5 Å². The number of benzene rings is 1. The van der Waals surface area contributed by atoms with Crippen molar-refractivity contribution in [1.29, 1.82) is 0 Å². The van der Waals surface area contributed by atoms with Crippen LogP contribution in [0.25, 0.3) is 0 Å². The maximum absolute atomic E-state index is 12.6. The number of allylic oxidation sites excluding steroid dienone is 1. The maximum atomic E-state index is 12.6. The SMILES string of the molecule is COC1=C(Br)CC2(OC=C1Br)ON=C(C(=O)NCCCOc1c(Br)cc(C(OC)OC)cc1Br)C2O. The molecule has 14 heteroatoms. The van der Waals surface area contributed by atoms with E-state index in [2.05, 4.69) is 74.2 Å². The molecule has 2 heterocycles. The fourth-order valence-electron chi connectivity index (χ4n) is 3.46. The highest BCUT2D eigenvalue weighted by Crippen LogP contribution is 2.41. The summed E-state index contributed by atoms with van der Waals surface area (Å²) in [6.45, 7) is 0.605. The first-order chi connectivity index (χ1) is 17.2. The lowest BCUT2D eigenvalue weighted by Gasteiger charge is -2.27. The van der Waals surface area contributed by atoms with Gasteiger partial charge in [0, 0.05) is 30.8 Å². The Balaban J connectivity index is 1.51. The summed E-state index contributed by atoms with van der Waals surface area (Å²) in [5.41, 5.74) is 0.629. The minimum atomic E-state index is -1.59. The van der Waals surface area contributed by atoms with Crippen LogP contribution in [0.2, 0.25) is 0 Å². The molecule has 1 amide bonds. The number of hydrogen-bond acceptors (Lipinski definition) is 9. The lowest BCUT2D eigenvalue weighted by atomic mass is 10.0. The zero-order valence-electron chi connectivity index (χ0n) is 19.5. The van der Waals surface area contributed by atoms with E-state index in [1.54, 1.807) is 14.2 Å². The molecule has 2 aliphatic rings. The van der Waals surface area contributed by atoms with Gasteiger partial charge >= 0.3 is 5.79 Å². The molecule has 36 heavy (non-hydrogen) atoms. The predicted octanol–water partition coefficient (Wildman–Crippen LogP) is 4.74. The number of halogens is 4. The summed E-state index contributed by atoms with van der Waals surface area (Å²) in [6, 6.07) is 3.70. The minimum absolute atomic E-state index is 0.0646. The highest BCUT2D eigenvalue weighted by molar-refractivity contribution is 9.12. The Morgan fingerprint density at radius 3 is 2.50 bits per heavy atom. The van der Waals surface area contributed by atoms with Gasteiger partial charge in [-0.3, -0.25) is 4.79 Å². The molecule has 2 aliphatic heterocycles. The van der Waals surface area contributed by atoms with E-state index in [1.807, 2.05) is 12.1 Å². The summed E-state index contributed by atoms with van der Waals surface area (Å²) in [5, 5.41) is 17.3. The summed E-state index contributed by atoms with van der Waals surface area (Å²) in [7, 11) is 4.62. The van der Waals surface area contributed by atoms with Crippen LogP contribution >= 0.6 is 63.7 Å². The molecule has 2 unspecified atom stereocenters. The topological polar surface area (TPSA) is 117 Å². The quantitative estimate of drug-likeness (QED) is 0.260. The predicted molar refractivity (Wildman–Crippen MR) is 145 cm³/mol. The van der Waals surface area contributed by atoms with Gasteiger partial charge in [-0.2, -0.15) is 0 Å². The second kappa shape index (κ2) is 13.1. The van der Waals surface area contributed by atoms with E-state index in [-0.39, 0.29) is 18.7 Å². The molecular weight excluding hydrogens is 740 g/mol. The van der Waals surface area contributed by atoms with E-state index in [1.165, 1.54) is 13.4 Å². The van der Waals surface area contributed by atoms with Gasteiger partial charge in [0.25, 0.3) is 5.91 Å². The molecule has 3 rings (SSSR count). The molecule has 0 aliphatic carbocycles. The van der Waals surface area contributed by atoms with Gasteiger partial charge in [-0.25, -0.2) is 0 Å². The Morgan fingerprint density at radius 1 is 1.22 bits per heavy atom. The number of ether oxygens (including phenoxy) is 5. The Morgan fingerprint density at radius 2 is 1.89 bits per heavy atom. The normalized spacial score (nSPS) is 21.5. The molecule has 0 saturated heterocycles. The van der Waals surface area contributed by atoms with Crippen molar-refractivity contribution < 1.29 is 38.4 Å². The first-order valence-electron chi connectivity index (χ1n) is 10.5. The molecule has 2 N–H and O–H groups in total. The summed E-state index contributed by atoms with van der Waals surface area (Å²) >= 11 is 13.7. The molecule has 1 spiro atoms. The number of aliphatic hydroxyl groups excluding tert-OH is 1. The number of hydrogen-bond donors (Lipinski definition) is 2.